The molecule has 0 aliphatic heterocycles. The minimum atomic E-state index is -0.257. The lowest BCUT2D eigenvalue weighted by atomic mass is 9.48. The Morgan fingerprint density at radius 3 is 2.65 bits per heavy atom. The Kier molecular flexibility index (Phi) is 6.13. The number of allylic oxidation sites excluding steroid dienone is 3. The molecule has 0 aromatic rings. The Bertz CT molecular complexity index is 782. The first kappa shape index (κ1) is 22.6. The maximum absolute atomic E-state index is 11.6. The molecule has 0 aromatic carbocycles. The molecule has 8 atom stereocenters. The Hall–Kier alpha value is -1.58. The van der Waals surface area contributed by atoms with E-state index in [0.717, 1.165) is 31.6 Å². The van der Waals surface area contributed by atoms with Crippen LogP contribution in [0.1, 0.15) is 79.1 Å². The molecule has 4 nitrogen and oxygen atoms in total. The molecule has 3 saturated carbocycles. The molecule has 4 heteroatoms. The smallest absolute Gasteiger partial charge is 0.330 e. The molecule has 0 aromatic heterocycles. The Labute approximate surface area is 187 Å². The maximum atomic E-state index is 11.6. The quantitative estimate of drug-likeness (QED) is 0.320. The van der Waals surface area contributed by atoms with Gasteiger partial charge in [-0.2, -0.15) is 0 Å². The van der Waals surface area contributed by atoms with E-state index in [-0.39, 0.29) is 23.5 Å². The van der Waals surface area contributed by atoms with Crippen LogP contribution in [0.5, 0.6) is 0 Å². The molecule has 4 aliphatic carbocycles. The second-order valence-electron chi connectivity index (χ2n) is 11.2. The molecule has 4 rings (SSSR count). The van der Waals surface area contributed by atoms with Crippen molar-refractivity contribution < 1.29 is 19.1 Å². The van der Waals surface area contributed by atoms with Crippen LogP contribution >= 0.6 is 0 Å². The van der Waals surface area contributed by atoms with Gasteiger partial charge in [0.1, 0.15) is 6.10 Å². The topological polar surface area (TPSA) is 52.6 Å². The summed E-state index contributed by atoms with van der Waals surface area (Å²) >= 11 is 0. The molecule has 0 N–H and O–H groups in total. The van der Waals surface area contributed by atoms with Crippen LogP contribution in [0.25, 0.3) is 0 Å². The van der Waals surface area contributed by atoms with Crippen molar-refractivity contribution in [3.8, 4) is 0 Å². The van der Waals surface area contributed by atoms with Crippen molar-refractivity contribution in [3.63, 3.8) is 0 Å². The van der Waals surface area contributed by atoms with Crippen LogP contribution in [0.15, 0.2) is 23.8 Å². The van der Waals surface area contributed by atoms with Gasteiger partial charge in [0.2, 0.25) is 0 Å². The minimum Gasteiger partial charge on any atom is -0.466 e. The predicted molar refractivity (Wildman–Crippen MR) is 121 cm³/mol. The summed E-state index contributed by atoms with van der Waals surface area (Å²) in [4.78, 5) is 23.0. The summed E-state index contributed by atoms with van der Waals surface area (Å²) in [5, 5.41) is 0. The molecule has 172 valence electrons. The number of rotatable bonds is 4. The SMILES string of the molecule is COC(=O)C=C[C@@H](C)C1CC[C@H]2[C@@H]3CC[C@@H]4C[C@H](OC(C)=O)CC[C@]4(C)C3=CC[C@]12C. The number of methoxy groups -OCH3 is 1. The molecule has 0 radical (unpaired) electrons. The van der Waals surface area contributed by atoms with Crippen molar-refractivity contribution in [2.75, 3.05) is 7.11 Å². The van der Waals surface area contributed by atoms with Gasteiger partial charge in [-0.25, -0.2) is 4.79 Å². The van der Waals surface area contributed by atoms with Crippen LogP contribution in [-0.2, 0) is 19.1 Å². The second-order valence-corrected chi connectivity index (χ2v) is 11.2. The first-order valence-corrected chi connectivity index (χ1v) is 12.3. The van der Waals surface area contributed by atoms with Crippen molar-refractivity contribution in [2.45, 2.75) is 85.2 Å². The maximum Gasteiger partial charge on any atom is 0.330 e. The number of hydrogen-bond acceptors (Lipinski definition) is 4. The normalized spacial score (nSPS) is 42.7. The van der Waals surface area contributed by atoms with Gasteiger partial charge in [-0.15, -0.1) is 0 Å². The van der Waals surface area contributed by atoms with Gasteiger partial charge in [-0.1, -0.05) is 38.5 Å². The summed E-state index contributed by atoms with van der Waals surface area (Å²) in [6, 6.07) is 0. The summed E-state index contributed by atoms with van der Waals surface area (Å²) in [6.45, 7) is 8.81. The lowest BCUT2D eigenvalue weighted by molar-refractivity contribution is -0.151. The molecule has 1 unspecified atom stereocenters. The van der Waals surface area contributed by atoms with Crippen LogP contribution in [-0.4, -0.2) is 25.2 Å². The zero-order valence-electron chi connectivity index (χ0n) is 20.0. The molecule has 31 heavy (non-hydrogen) atoms. The number of esters is 2. The predicted octanol–water partition coefficient (Wildman–Crippen LogP) is 5.86. The first-order chi connectivity index (χ1) is 14.7. The average Bonchev–Trinajstić information content (AvgIpc) is 3.09. The van der Waals surface area contributed by atoms with Crippen molar-refractivity contribution in [2.24, 2.45) is 40.4 Å². The minimum absolute atomic E-state index is 0.111. The third kappa shape index (κ3) is 3.89. The summed E-state index contributed by atoms with van der Waals surface area (Å²) in [5.41, 5.74) is 2.31. The molecule has 0 bridgehead atoms. The molecular formula is C27H40O4. The molecule has 0 spiro atoms. The van der Waals surface area contributed by atoms with Crippen molar-refractivity contribution in [1.82, 2.24) is 0 Å². The van der Waals surface area contributed by atoms with Crippen LogP contribution in [0.2, 0.25) is 0 Å². The van der Waals surface area contributed by atoms with Crippen LogP contribution in [0, 0.1) is 40.4 Å². The molecule has 4 aliphatic rings. The summed E-state index contributed by atoms with van der Waals surface area (Å²) in [6.07, 6.45) is 15.8. The number of hydrogen-bond donors (Lipinski definition) is 0. The van der Waals surface area contributed by atoms with E-state index >= 15 is 0 Å². The lowest BCUT2D eigenvalue weighted by Gasteiger charge is -2.57. The highest BCUT2D eigenvalue weighted by Gasteiger charge is 2.57. The van der Waals surface area contributed by atoms with Crippen molar-refractivity contribution >= 4 is 11.9 Å². The number of ether oxygens (including phenoxy) is 2. The van der Waals surface area contributed by atoms with Gasteiger partial charge < -0.3 is 9.47 Å². The molecular weight excluding hydrogens is 388 g/mol. The molecule has 3 fully saturated rings. The van der Waals surface area contributed by atoms with Crippen LogP contribution < -0.4 is 0 Å². The molecule has 0 heterocycles. The van der Waals surface area contributed by atoms with E-state index in [1.165, 1.54) is 39.7 Å². The fraction of sp³-hybridized carbons (Fsp3) is 0.778. The largest absolute Gasteiger partial charge is 0.466 e. The summed E-state index contributed by atoms with van der Waals surface area (Å²) < 4.78 is 10.4. The summed E-state index contributed by atoms with van der Waals surface area (Å²) in [7, 11) is 1.44. The van der Waals surface area contributed by atoms with Crippen molar-refractivity contribution in [1.29, 1.82) is 0 Å². The highest BCUT2D eigenvalue weighted by atomic mass is 16.5. The molecule has 0 saturated heterocycles. The zero-order valence-corrected chi connectivity index (χ0v) is 20.0. The average molecular weight is 429 g/mol. The van der Waals surface area contributed by atoms with E-state index in [2.05, 4.69) is 32.9 Å². The van der Waals surface area contributed by atoms with Crippen LogP contribution in [0.4, 0.5) is 0 Å². The highest BCUT2D eigenvalue weighted by Crippen LogP contribution is 2.66. The van der Waals surface area contributed by atoms with Gasteiger partial charge >= 0.3 is 11.9 Å². The Morgan fingerprint density at radius 2 is 1.94 bits per heavy atom. The Balaban J connectivity index is 1.53. The van der Waals surface area contributed by atoms with E-state index in [9.17, 15) is 9.59 Å². The first-order valence-electron chi connectivity index (χ1n) is 12.3. The third-order valence-corrected chi connectivity index (χ3v) is 9.75. The fourth-order valence-corrected chi connectivity index (χ4v) is 8.16. The van der Waals surface area contributed by atoms with Gasteiger partial charge in [-0.3, -0.25) is 4.79 Å². The van der Waals surface area contributed by atoms with E-state index in [1.54, 1.807) is 11.6 Å². The van der Waals surface area contributed by atoms with E-state index in [4.69, 9.17) is 9.47 Å². The van der Waals surface area contributed by atoms with Crippen molar-refractivity contribution in [3.05, 3.63) is 23.8 Å². The molecule has 0 amide bonds. The monoisotopic (exact) mass is 428 g/mol. The zero-order chi connectivity index (χ0) is 22.4. The summed E-state index contributed by atoms with van der Waals surface area (Å²) in [5.74, 6) is 2.69. The van der Waals surface area contributed by atoms with Gasteiger partial charge in [-0.05, 0) is 91.8 Å². The second kappa shape index (κ2) is 8.41. The third-order valence-electron chi connectivity index (χ3n) is 9.75. The van der Waals surface area contributed by atoms with Gasteiger partial charge in [0, 0.05) is 13.0 Å². The van der Waals surface area contributed by atoms with Gasteiger partial charge in [0.15, 0.2) is 0 Å². The van der Waals surface area contributed by atoms with Gasteiger partial charge in [0.25, 0.3) is 0 Å². The Morgan fingerprint density at radius 1 is 1.16 bits per heavy atom. The fourth-order valence-electron chi connectivity index (χ4n) is 8.16. The number of carbonyl (C=O) groups excluding carboxylic acids is 2. The number of carbonyl (C=O) groups is 2. The van der Waals surface area contributed by atoms with E-state index in [1.807, 2.05) is 0 Å². The standard InChI is InChI=1S/C27H40O4/c1-17(6-11-25(29)30-5)22-9-10-23-21-8-7-19-16-20(31-18(2)28)12-14-26(19,3)24(21)13-15-27(22,23)4/h6,11,13,17,19-23H,7-10,12,14-16H2,1-5H3/t17-,19-,20-,21+,22?,23+,26+,27-/m1/s1. The highest BCUT2D eigenvalue weighted by molar-refractivity contribution is 5.81. The lowest BCUT2D eigenvalue weighted by Crippen LogP contribution is -2.49. The number of fused-ring (bicyclic) bond motifs is 5. The van der Waals surface area contributed by atoms with Gasteiger partial charge in [0.05, 0.1) is 7.11 Å². The van der Waals surface area contributed by atoms with E-state index in [0.29, 0.717) is 29.1 Å². The van der Waals surface area contributed by atoms with E-state index < -0.39 is 0 Å². The van der Waals surface area contributed by atoms with Crippen LogP contribution in [0.3, 0.4) is 0 Å².